The van der Waals surface area contributed by atoms with E-state index in [0.717, 1.165) is 0 Å². The minimum Gasteiger partial charge on any atom is -0.508 e. The highest BCUT2D eigenvalue weighted by atomic mass is 16.5. The van der Waals surface area contributed by atoms with Crippen molar-refractivity contribution >= 4 is 29.3 Å². The Balaban J connectivity index is 1.61. The normalized spacial score (nSPS) is 31.6. The smallest absolute Gasteiger partial charge is 0.257 e. The summed E-state index contributed by atoms with van der Waals surface area (Å²) >= 11 is 0. The van der Waals surface area contributed by atoms with E-state index in [2.05, 4.69) is 0 Å². The van der Waals surface area contributed by atoms with Gasteiger partial charge in [-0.15, -0.1) is 0 Å². The summed E-state index contributed by atoms with van der Waals surface area (Å²) < 4.78 is 11.3. The van der Waals surface area contributed by atoms with Crippen molar-refractivity contribution in [1.82, 2.24) is 5.06 Å². The van der Waals surface area contributed by atoms with E-state index in [1.54, 1.807) is 37.3 Å². The number of hydrogen-bond acceptors (Lipinski definition) is 8. The molecule has 202 valence electrons. The third-order valence-electron chi connectivity index (χ3n) is 9.08. The van der Waals surface area contributed by atoms with Gasteiger partial charge in [0.25, 0.3) is 11.8 Å². The summed E-state index contributed by atoms with van der Waals surface area (Å²) in [4.78, 5) is 55.4. The predicted molar refractivity (Wildman–Crippen MR) is 136 cm³/mol. The summed E-state index contributed by atoms with van der Waals surface area (Å²) in [6, 6.07) is 11.5. The molecule has 10 heteroatoms. The van der Waals surface area contributed by atoms with Crippen molar-refractivity contribution in [2.24, 2.45) is 29.1 Å². The number of anilines is 1. The Kier molecular flexibility index (Phi) is 5.58. The minimum atomic E-state index is -1.30. The first-order chi connectivity index (χ1) is 18.6. The zero-order valence-corrected chi connectivity index (χ0v) is 21.7. The van der Waals surface area contributed by atoms with Gasteiger partial charge in [-0.2, -0.15) is 5.06 Å². The quantitative estimate of drug-likeness (QED) is 0.349. The molecule has 2 aliphatic carbocycles. The molecule has 0 aromatic heterocycles. The van der Waals surface area contributed by atoms with Crippen molar-refractivity contribution in [3.63, 3.8) is 0 Å². The van der Waals surface area contributed by atoms with Crippen LogP contribution in [0.3, 0.4) is 0 Å². The number of benzene rings is 2. The van der Waals surface area contributed by atoms with Gasteiger partial charge in [0.2, 0.25) is 11.8 Å². The SMILES string of the molecule is COc1cc(O)cc(OC)c1[C@H]1C2=CC[C@@H]3C(=O)N(O)C(=O)[C@@H]3[C@@H]2C[C@H]2C(=O)N(c3ccccc3)C(=O)[C@@]12C. The lowest BCUT2D eigenvalue weighted by atomic mass is 9.51. The molecule has 0 unspecified atom stereocenters. The van der Waals surface area contributed by atoms with Gasteiger partial charge in [-0.05, 0) is 37.8 Å². The van der Waals surface area contributed by atoms with E-state index >= 15 is 0 Å². The number of carbonyl (C=O) groups excluding carboxylic acids is 4. The molecule has 2 aromatic rings. The molecule has 1 saturated carbocycles. The maximum Gasteiger partial charge on any atom is 0.257 e. The summed E-state index contributed by atoms with van der Waals surface area (Å²) in [5, 5.41) is 20.7. The molecular weight excluding hydrogens is 504 g/mol. The van der Waals surface area contributed by atoms with E-state index in [1.165, 1.54) is 31.3 Å². The molecule has 3 fully saturated rings. The number of aromatic hydroxyl groups is 1. The number of phenolic OH excluding ortho intramolecular Hbond substituents is 1. The number of allylic oxidation sites excluding steroid dienone is 2. The third kappa shape index (κ3) is 3.24. The van der Waals surface area contributed by atoms with Gasteiger partial charge >= 0.3 is 0 Å². The molecule has 10 nitrogen and oxygen atoms in total. The molecular formula is C29H28N2O8. The Morgan fingerprint density at radius 1 is 0.923 bits per heavy atom. The number of hydrogen-bond donors (Lipinski definition) is 2. The number of rotatable bonds is 4. The fourth-order valence-electron chi connectivity index (χ4n) is 7.34. The van der Waals surface area contributed by atoms with Gasteiger partial charge in [-0.25, -0.2) is 4.90 Å². The molecule has 0 bridgehead atoms. The van der Waals surface area contributed by atoms with Gasteiger partial charge < -0.3 is 14.6 Å². The van der Waals surface area contributed by atoms with Crippen molar-refractivity contribution in [2.75, 3.05) is 19.1 Å². The number of amides is 4. The van der Waals surface area contributed by atoms with E-state index in [-0.39, 0.29) is 35.2 Å². The second-order valence-corrected chi connectivity index (χ2v) is 10.7. The third-order valence-corrected chi connectivity index (χ3v) is 9.08. The lowest BCUT2D eigenvalue weighted by Gasteiger charge is -2.49. The Bertz CT molecular complexity index is 1430. The van der Waals surface area contributed by atoms with Crippen LogP contribution in [0.4, 0.5) is 5.69 Å². The summed E-state index contributed by atoms with van der Waals surface area (Å²) in [5.74, 6) is -5.56. The van der Waals surface area contributed by atoms with E-state index in [0.29, 0.717) is 16.8 Å². The Morgan fingerprint density at radius 3 is 2.18 bits per heavy atom. The van der Waals surface area contributed by atoms with E-state index in [4.69, 9.17) is 9.47 Å². The van der Waals surface area contributed by atoms with Crippen LogP contribution >= 0.6 is 0 Å². The predicted octanol–water partition coefficient (Wildman–Crippen LogP) is 3.03. The molecule has 0 radical (unpaired) electrons. The van der Waals surface area contributed by atoms with Crippen LogP contribution in [0.2, 0.25) is 0 Å². The highest BCUT2D eigenvalue weighted by Gasteiger charge is 2.68. The lowest BCUT2D eigenvalue weighted by Crippen LogP contribution is -2.49. The first-order valence-corrected chi connectivity index (χ1v) is 12.8. The lowest BCUT2D eigenvalue weighted by molar-refractivity contribution is -0.173. The van der Waals surface area contributed by atoms with Gasteiger partial charge in [-0.3, -0.25) is 24.4 Å². The molecule has 0 spiro atoms. The Morgan fingerprint density at radius 2 is 1.56 bits per heavy atom. The van der Waals surface area contributed by atoms with E-state index < -0.39 is 58.6 Å². The standard InChI is InChI=1S/C29H28N2O8/c1-29-19(26(34)30(28(29)36)14-7-5-4-6-8-14)13-18-16(9-10-17-22(18)27(35)31(37)25(17)33)24(29)23-20(38-2)11-15(32)12-21(23)39-3/h4-9,11-12,17-19,22,24,32,37H,10,13H2,1-3H3/t17-,18+,19-,22-,24+,29+/m0/s1. The fourth-order valence-corrected chi connectivity index (χ4v) is 7.34. The van der Waals surface area contributed by atoms with Crippen molar-refractivity contribution in [3.8, 4) is 17.2 Å². The molecule has 39 heavy (non-hydrogen) atoms. The van der Waals surface area contributed by atoms with Crippen LogP contribution in [0.15, 0.2) is 54.1 Å². The average Bonchev–Trinajstić information content (AvgIpc) is 3.28. The van der Waals surface area contributed by atoms with Crippen LogP contribution in [0.5, 0.6) is 17.2 Å². The number of methoxy groups -OCH3 is 2. The van der Waals surface area contributed by atoms with E-state index in [9.17, 15) is 29.5 Å². The van der Waals surface area contributed by atoms with Gasteiger partial charge in [0.1, 0.15) is 17.2 Å². The number of nitrogens with zero attached hydrogens (tertiary/aromatic N) is 2. The molecule has 2 aliphatic heterocycles. The van der Waals surface area contributed by atoms with Gasteiger partial charge in [0.05, 0.1) is 43.1 Å². The van der Waals surface area contributed by atoms with Gasteiger partial charge in [0, 0.05) is 23.6 Å². The van der Waals surface area contributed by atoms with E-state index in [1.807, 2.05) is 6.08 Å². The van der Waals surface area contributed by atoms with Crippen LogP contribution in [-0.2, 0) is 19.2 Å². The topological polar surface area (TPSA) is 134 Å². The second kappa shape index (κ2) is 8.67. The van der Waals surface area contributed by atoms with Gasteiger partial charge in [-0.1, -0.05) is 29.8 Å². The van der Waals surface area contributed by atoms with Crippen molar-refractivity contribution in [3.05, 3.63) is 59.7 Å². The molecule has 2 heterocycles. The summed E-state index contributed by atoms with van der Waals surface area (Å²) in [6.07, 6.45) is 2.21. The number of fused-ring (bicyclic) bond motifs is 4. The first-order valence-electron chi connectivity index (χ1n) is 12.8. The van der Waals surface area contributed by atoms with Crippen LogP contribution in [-0.4, -0.2) is 53.2 Å². The molecule has 6 rings (SSSR count). The van der Waals surface area contributed by atoms with Crippen LogP contribution in [0.25, 0.3) is 0 Å². The highest BCUT2D eigenvalue weighted by molar-refractivity contribution is 6.24. The zero-order valence-electron chi connectivity index (χ0n) is 21.7. The molecule has 2 N–H and O–H groups in total. The first kappa shape index (κ1) is 25.1. The molecule has 6 atom stereocenters. The summed E-state index contributed by atoms with van der Waals surface area (Å²) in [6.45, 7) is 1.75. The highest BCUT2D eigenvalue weighted by Crippen LogP contribution is 2.65. The van der Waals surface area contributed by atoms with Crippen LogP contribution in [0, 0.1) is 29.1 Å². The minimum absolute atomic E-state index is 0.105. The van der Waals surface area contributed by atoms with Crippen molar-refractivity contribution < 1.29 is 39.0 Å². The summed E-state index contributed by atoms with van der Waals surface area (Å²) in [7, 11) is 2.87. The molecule has 2 saturated heterocycles. The fraction of sp³-hybridized carbons (Fsp3) is 0.379. The van der Waals surface area contributed by atoms with Crippen LogP contribution < -0.4 is 14.4 Å². The average molecular weight is 533 g/mol. The number of imide groups is 2. The monoisotopic (exact) mass is 532 g/mol. The number of ether oxygens (including phenoxy) is 2. The van der Waals surface area contributed by atoms with Crippen LogP contribution in [0.1, 0.15) is 31.2 Å². The molecule has 4 amide bonds. The maximum atomic E-state index is 14.4. The number of phenols is 1. The largest absolute Gasteiger partial charge is 0.508 e. The zero-order chi connectivity index (χ0) is 27.8. The number of carbonyl (C=O) groups is 4. The maximum absolute atomic E-state index is 14.4. The molecule has 4 aliphatic rings. The van der Waals surface area contributed by atoms with Gasteiger partial charge in [0.15, 0.2) is 0 Å². The number of hydroxylamine groups is 2. The Hall–Kier alpha value is -4.18. The Labute approximate surface area is 224 Å². The molecule has 2 aromatic carbocycles. The summed E-state index contributed by atoms with van der Waals surface area (Å²) in [5.41, 5.74) is 0.317. The van der Waals surface area contributed by atoms with Crippen molar-refractivity contribution in [2.45, 2.75) is 25.7 Å². The number of para-hydroxylation sites is 1. The second-order valence-electron chi connectivity index (χ2n) is 10.7. The van der Waals surface area contributed by atoms with Crippen molar-refractivity contribution in [1.29, 1.82) is 0 Å².